The number of aromatic nitrogens is 4. The molecule has 1 saturated heterocycles. The molecule has 0 saturated carbocycles. The number of hydrogen-bond acceptors (Lipinski definition) is 5. The first-order chi connectivity index (χ1) is 10.8. The van der Waals surface area contributed by atoms with E-state index in [1.165, 1.54) is 0 Å². The lowest BCUT2D eigenvalue weighted by atomic mass is 10.2. The molecule has 0 aliphatic carbocycles. The number of halogens is 1. The summed E-state index contributed by atoms with van der Waals surface area (Å²) in [7, 11) is 0. The summed E-state index contributed by atoms with van der Waals surface area (Å²) in [6, 6.07) is 7.89. The van der Waals surface area contributed by atoms with E-state index in [0.717, 1.165) is 48.8 Å². The van der Waals surface area contributed by atoms with Crippen molar-refractivity contribution >= 4 is 34.3 Å². The van der Waals surface area contributed by atoms with Crippen molar-refractivity contribution in [1.82, 2.24) is 19.9 Å². The Bertz CT molecular complexity index is 779. The van der Waals surface area contributed by atoms with Crippen LogP contribution in [0.4, 0.5) is 11.5 Å². The smallest absolute Gasteiger partial charge is 0.161 e. The van der Waals surface area contributed by atoms with E-state index in [-0.39, 0.29) is 0 Å². The molecule has 0 aromatic carbocycles. The maximum atomic E-state index is 6.12. The molecule has 1 aliphatic heterocycles. The normalized spacial score (nSPS) is 15.5. The highest BCUT2D eigenvalue weighted by Crippen LogP contribution is 2.27. The van der Waals surface area contributed by atoms with Crippen molar-refractivity contribution in [2.24, 2.45) is 0 Å². The summed E-state index contributed by atoms with van der Waals surface area (Å²) in [6.45, 7) is 3.64. The summed E-state index contributed by atoms with van der Waals surface area (Å²) in [4.78, 5) is 20.7. The van der Waals surface area contributed by atoms with E-state index in [1.807, 2.05) is 30.5 Å². The van der Waals surface area contributed by atoms with Gasteiger partial charge < -0.3 is 14.8 Å². The second-order valence-electron chi connectivity index (χ2n) is 5.23. The fourth-order valence-electron chi connectivity index (χ4n) is 2.84. The molecular formula is C15H15ClN6. The van der Waals surface area contributed by atoms with E-state index >= 15 is 0 Å². The fraction of sp³-hybridized carbons (Fsp3) is 0.267. The third kappa shape index (κ3) is 2.35. The number of anilines is 2. The first kappa shape index (κ1) is 13.3. The average molecular weight is 315 g/mol. The SMILES string of the molecule is Clc1cc(N2CCN(c3ccccn3)CC2)c2nc[nH]c2n1. The summed E-state index contributed by atoms with van der Waals surface area (Å²) in [5, 5.41) is 0.485. The van der Waals surface area contributed by atoms with Crippen LogP contribution in [0.25, 0.3) is 11.2 Å². The highest BCUT2D eigenvalue weighted by molar-refractivity contribution is 6.30. The van der Waals surface area contributed by atoms with Gasteiger partial charge in [0.15, 0.2) is 5.65 Å². The molecule has 7 heteroatoms. The van der Waals surface area contributed by atoms with Gasteiger partial charge in [-0.3, -0.25) is 0 Å². The van der Waals surface area contributed by atoms with E-state index in [2.05, 4.69) is 29.7 Å². The zero-order valence-corrected chi connectivity index (χ0v) is 12.7. The van der Waals surface area contributed by atoms with Gasteiger partial charge in [0.1, 0.15) is 16.5 Å². The Kier molecular flexibility index (Phi) is 3.31. The largest absolute Gasteiger partial charge is 0.366 e. The van der Waals surface area contributed by atoms with Crippen LogP contribution < -0.4 is 9.80 Å². The molecule has 0 amide bonds. The third-order valence-electron chi connectivity index (χ3n) is 3.93. The van der Waals surface area contributed by atoms with Crippen molar-refractivity contribution in [1.29, 1.82) is 0 Å². The maximum absolute atomic E-state index is 6.12. The number of nitrogens with one attached hydrogen (secondary N) is 1. The van der Waals surface area contributed by atoms with Crippen LogP contribution in [0.1, 0.15) is 0 Å². The second kappa shape index (κ2) is 5.46. The maximum Gasteiger partial charge on any atom is 0.161 e. The molecule has 0 radical (unpaired) electrons. The van der Waals surface area contributed by atoms with Gasteiger partial charge in [-0.15, -0.1) is 0 Å². The molecule has 112 valence electrons. The fourth-order valence-corrected chi connectivity index (χ4v) is 3.03. The number of pyridine rings is 2. The number of piperazine rings is 1. The van der Waals surface area contributed by atoms with Crippen LogP contribution in [0.15, 0.2) is 36.8 Å². The molecule has 3 aromatic rings. The van der Waals surface area contributed by atoms with Crippen LogP contribution in [0.2, 0.25) is 5.15 Å². The van der Waals surface area contributed by atoms with Crippen molar-refractivity contribution in [2.45, 2.75) is 0 Å². The summed E-state index contributed by atoms with van der Waals surface area (Å²) in [5.74, 6) is 1.03. The van der Waals surface area contributed by atoms with Crippen molar-refractivity contribution < 1.29 is 0 Å². The number of fused-ring (bicyclic) bond motifs is 1. The zero-order valence-electron chi connectivity index (χ0n) is 11.9. The van der Waals surface area contributed by atoms with Crippen LogP contribution in [0.3, 0.4) is 0 Å². The lowest BCUT2D eigenvalue weighted by Gasteiger charge is -2.36. The molecular weight excluding hydrogens is 300 g/mol. The second-order valence-corrected chi connectivity index (χ2v) is 5.61. The predicted molar refractivity (Wildman–Crippen MR) is 87.6 cm³/mol. The van der Waals surface area contributed by atoms with Crippen LogP contribution in [-0.4, -0.2) is 46.1 Å². The van der Waals surface area contributed by atoms with E-state index in [4.69, 9.17) is 11.6 Å². The van der Waals surface area contributed by atoms with Gasteiger partial charge in [0.2, 0.25) is 0 Å². The minimum Gasteiger partial charge on any atom is -0.366 e. The minimum absolute atomic E-state index is 0.485. The Balaban J connectivity index is 1.57. The molecule has 0 atom stereocenters. The monoisotopic (exact) mass is 314 g/mol. The molecule has 1 aliphatic rings. The zero-order chi connectivity index (χ0) is 14.9. The van der Waals surface area contributed by atoms with Crippen molar-refractivity contribution in [3.63, 3.8) is 0 Å². The molecule has 1 fully saturated rings. The van der Waals surface area contributed by atoms with Crippen LogP contribution in [0, 0.1) is 0 Å². The highest BCUT2D eigenvalue weighted by Gasteiger charge is 2.21. The first-order valence-corrected chi connectivity index (χ1v) is 7.59. The van der Waals surface area contributed by atoms with Gasteiger partial charge in [0.05, 0.1) is 12.0 Å². The van der Waals surface area contributed by atoms with E-state index in [1.54, 1.807) is 6.33 Å². The quantitative estimate of drug-likeness (QED) is 0.736. The van der Waals surface area contributed by atoms with Gasteiger partial charge in [0.25, 0.3) is 0 Å². The Hall–Kier alpha value is -2.34. The van der Waals surface area contributed by atoms with E-state index in [0.29, 0.717) is 5.15 Å². The Morgan fingerprint density at radius 3 is 2.64 bits per heavy atom. The first-order valence-electron chi connectivity index (χ1n) is 7.22. The Morgan fingerprint density at radius 1 is 1.05 bits per heavy atom. The number of imidazole rings is 1. The highest BCUT2D eigenvalue weighted by atomic mass is 35.5. The molecule has 0 bridgehead atoms. The standard InChI is InChI=1S/C15H15ClN6/c16-12-9-11(14-15(20-12)19-10-18-14)21-5-7-22(8-6-21)13-3-1-2-4-17-13/h1-4,9-10H,5-8H2,(H,18,19,20). The Labute approximate surface area is 132 Å². The van der Waals surface area contributed by atoms with Crippen molar-refractivity contribution in [3.8, 4) is 0 Å². The molecule has 6 nitrogen and oxygen atoms in total. The van der Waals surface area contributed by atoms with Crippen molar-refractivity contribution in [3.05, 3.63) is 41.9 Å². The number of rotatable bonds is 2. The summed E-state index contributed by atoms with van der Waals surface area (Å²) in [5.41, 5.74) is 2.64. The predicted octanol–water partition coefficient (Wildman–Crippen LogP) is 2.33. The summed E-state index contributed by atoms with van der Waals surface area (Å²) < 4.78 is 0. The van der Waals surface area contributed by atoms with E-state index < -0.39 is 0 Å². The molecule has 4 heterocycles. The molecule has 0 spiro atoms. The van der Waals surface area contributed by atoms with Crippen molar-refractivity contribution in [2.75, 3.05) is 36.0 Å². The van der Waals surface area contributed by atoms with Gasteiger partial charge in [-0.2, -0.15) is 0 Å². The minimum atomic E-state index is 0.485. The number of aromatic amines is 1. The van der Waals surface area contributed by atoms with Crippen LogP contribution in [-0.2, 0) is 0 Å². The topological polar surface area (TPSA) is 60.9 Å². The summed E-state index contributed by atoms with van der Waals surface area (Å²) >= 11 is 6.12. The van der Waals surface area contributed by atoms with Gasteiger partial charge in [-0.25, -0.2) is 15.0 Å². The lowest BCUT2D eigenvalue weighted by molar-refractivity contribution is 0.648. The number of nitrogens with zero attached hydrogens (tertiary/aromatic N) is 5. The Morgan fingerprint density at radius 2 is 1.86 bits per heavy atom. The van der Waals surface area contributed by atoms with Gasteiger partial charge in [0, 0.05) is 38.4 Å². The van der Waals surface area contributed by atoms with Gasteiger partial charge >= 0.3 is 0 Å². The van der Waals surface area contributed by atoms with E-state index in [9.17, 15) is 0 Å². The number of hydrogen-bond donors (Lipinski definition) is 1. The third-order valence-corrected chi connectivity index (χ3v) is 4.12. The molecule has 4 rings (SSSR count). The summed E-state index contributed by atoms with van der Waals surface area (Å²) in [6.07, 6.45) is 3.49. The molecule has 3 aromatic heterocycles. The van der Waals surface area contributed by atoms with Crippen LogP contribution >= 0.6 is 11.6 Å². The van der Waals surface area contributed by atoms with Gasteiger partial charge in [-0.1, -0.05) is 17.7 Å². The van der Waals surface area contributed by atoms with Crippen LogP contribution in [0.5, 0.6) is 0 Å². The molecule has 22 heavy (non-hydrogen) atoms. The average Bonchev–Trinajstić information content (AvgIpc) is 3.03. The molecule has 1 N–H and O–H groups in total. The number of H-pyrrole nitrogens is 1. The lowest BCUT2D eigenvalue weighted by Crippen LogP contribution is -2.46. The molecule has 0 unspecified atom stereocenters. The van der Waals surface area contributed by atoms with Gasteiger partial charge in [-0.05, 0) is 12.1 Å².